The Morgan fingerprint density at radius 1 is 1.64 bits per heavy atom. The van der Waals surface area contributed by atoms with E-state index in [0.717, 1.165) is 25.3 Å². The molecule has 0 bridgehead atoms. The van der Waals surface area contributed by atoms with Crippen LogP contribution in [0.4, 0.5) is 0 Å². The van der Waals surface area contributed by atoms with Crippen molar-refractivity contribution in [2.45, 2.75) is 20.4 Å². The number of nitrogens with zero attached hydrogens (tertiary/aromatic N) is 2. The maximum atomic E-state index is 5.59. The molecular formula is C10H19N3S. The standard InChI is InChI=1S/C10H19N3S/c1-8(4-11)5-13(3)6-10-9(2)12-7-14-10/h7-8H,4-6,11H2,1-3H3. The van der Waals surface area contributed by atoms with Gasteiger partial charge in [-0.25, -0.2) is 4.98 Å². The molecule has 4 heteroatoms. The van der Waals surface area contributed by atoms with Crippen molar-refractivity contribution in [3.05, 3.63) is 16.1 Å². The summed E-state index contributed by atoms with van der Waals surface area (Å²) in [6.45, 7) is 7.03. The number of hydrogen-bond acceptors (Lipinski definition) is 4. The van der Waals surface area contributed by atoms with Gasteiger partial charge in [-0.2, -0.15) is 0 Å². The molecule has 1 heterocycles. The van der Waals surface area contributed by atoms with Crippen molar-refractivity contribution in [3.8, 4) is 0 Å². The molecule has 0 spiro atoms. The average molecular weight is 213 g/mol. The monoisotopic (exact) mass is 213 g/mol. The Morgan fingerprint density at radius 3 is 2.86 bits per heavy atom. The van der Waals surface area contributed by atoms with Crippen LogP contribution in [0.2, 0.25) is 0 Å². The second-order valence-corrected chi connectivity index (χ2v) is 4.84. The van der Waals surface area contributed by atoms with Crippen molar-refractivity contribution < 1.29 is 0 Å². The Balaban J connectivity index is 2.41. The van der Waals surface area contributed by atoms with Crippen molar-refractivity contribution in [1.82, 2.24) is 9.88 Å². The van der Waals surface area contributed by atoms with Gasteiger partial charge in [0.05, 0.1) is 11.2 Å². The second-order valence-electron chi connectivity index (χ2n) is 3.90. The molecule has 1 atom stereocenters. The summed E-state index contributed by atoms with van der Waals surface area (Å²) in [5, 5.41) is 0. The van der Waals surface area contributed by atoms with Crippen molar-refractivity contribution in [2.24, 2.45) is 11.7 Å². The van der Waals surface area contributed by atoms with Gasteiger partial charge in [-0.15, -0.1) is 11.3 Å². The highest BCUT2D eigenvalue weighted by atomic mass is 32.1. The fourth-order valence-corrected chi connectivity index (χ4v) is 2.25. The van der Waals surface area contributed by atoms with Gasteiger partial charge in [0.2, 0.25) is 0 Å². The lowest BCUT2D eigenvalue weighted by Crippen LogP contribution is -2.27. The predicted molar refractivity (Wildman–Crippen MR) is 61.4 cm³/mol. The summed E-state index contributed by atoms with van der Waals surface area (Å²) in [4.78, 5) is 7.90. The molecule has 0 fully saturated rings. The molecule has 1 aromatic heterocycles. The van der Waals surface area contributed by atoms with Gasteiger partial charge in [-0.05, 0) is 26.4 Å². The van der Waals surface area contributed by atoms with Crippen LogP contribution in [0.15, 0.2) is 5.51 Å². The van der Waals surface area contributed by atoms with E-state index in [-0.39, 0.29) is 0 Å². The zero-order chi connectivity index (χ0) is 10.6. The van der Waals surface area contributed by atoms with Gasteiger partial charge in [0.1, 0.15) is 0 Å². The normalized spacial score (nSPS) is 13.5. The van der Waals surface area contributed by atoms with Crippen LogP contribution in [-0.2, 0) is 6.54 Å². The quantitative estimate of drug-likeness (QED) is 0.805. The van der Waals surface area contributed by atoms with Gasteiger partial charge in [-0.3, -0.25) is 0 Å². The van der Waals surface area contributed by atoms with E-state index in [2.05, 4.69) is 30.8 Å². The van der Waals surface area contributed by atoms with Crippen LogP contribution >= 0.6 is 11.3 Å². The van der Waals surface area contributed by atoms with Crippen LogP contribution in [0.1, 0.15) is 17.5 Å². The first kappa shape index (κ1) is 11.6. The Morgan fingerprint density at radius 2 is 2.36 bits per heavy atom. The summed E-state index contributed by atoms with van der Waals surface area (Å²) in [5.74, 6) is 0.563. The number of thiazole rings is 1. The van der Waals surface area contributed by atoms with E-state index in [9.17, 15) is 0 Å². The molecule has 1 rings (SSSR count). The van der Waals surface area contributed by atoms with Gasteiger partial charge in [0, 0.05) is 18.0 Å². The molecule has 3 nitrogen and oxygen atoms in total. The first-order valence-corrected chi connectivity index (χ1v) is 5.79. The molecule has 0 amide bonds. The largest absolute Gasteiger partial charge is 0.330 e. The van der Waals surface area contributed by atoms with Crippen molar-refractivity contribution in [2.75, 3.05) is 20.1 Å². The van der Waals surface area contributed by atoms with Gasteiger partial charge < -0.3 is 10.6 Å². The van der Waals surface area contributed by atoms with Crippen LogP contribution < -0.4 is 5.73 Å². The Kier molecular flexibility index (Phi) is 4.51. The highest BCUT2D eigenvalue weighted by molar-refractivity contribution is 7.09. The van der Waals surface area contributed by atoms with Crippen LogP contribution in [-0.4, -0.2) is 30.0 Å². The SMILES string of the molecule is Cc1ncsc1CN(C)CC(C)CN. The summed E-state index contributed by atoms with van der Waals surface area (Å²) < 4.78 is 0. The Bertz CT molecular complexity index is 272. The predicted octanol–water partition coefficient (Wildman–Crippen LogP) is 1.48. The zero-order valence-electron chi connectivity index (χ0n) is 9.16. The third kappa shape index (κ3) is 3.36. The Labute approximate surface area is 89.9 Å². The number of aryl methyl sites for hydroxylation is 1. The first-order valence-electron chi connectivity index (χ1n) is 4.91. The molecule has 0 radical (unpaired) electrons. The average Bonchev–Trinajstić information content (AvgIpc) is 2.51. The molecule has 1 aromatic rings. The molecule has 0 saturated heterocycles. The van der Waals surface area contributed by atoms with Gasteiger partial charge in [0.15, 0.2) is 0 Å². The maximum Gasteiger partial charge on any atom is 0.0798 e. The second kappa shape index (κ2) is 5.44. The lowest BCUT2D eigenvalue weighted by Gasteiger charge is -2.19. The van der Waals surface area contributed by atoms with E-state index in [1.54, 1.807) is 11.3 Å². The van der Waals surface area contributed by atoms with E-state index in [4.69, 9.17) is 5.73 Å². The Hall–Kier alpha value is -0.450. The van der Waals surface area contributed by atoms with Gasteiger partial charge >= 0.3 is 0 Å². The minimum Gasteiger partial charge on any atom is -0.330 e. The van der Waals surface area contributed by atoms with Crippen LogP contribution in [0.3, 0.4) is 0 Å². The number of nitrogens with two attached hydrogens (primary N) is 1. The third-order valence-electron chi connectivity index (χ3n) is 2.28. The summed E-state index contributed by atoms with van der Waals surface area (Å²) in [5.41, 5.74) is 8.65. The lowest BCUT2D eigenvalue weighted by molar-refractivity contribution is 0.283. The van der Waals surface area contributed by atoms with Crippen molar-refractivity contribution in [1.29, 1.82) is 0 Å². The minimum atomic E-state index is 0.563. The van der Waals surface area contributed by atoms with E-state index in [1.165, 1.54) is 4.88 Å². The molecular weight excluding hydrogens is 194 g/mol. The maximum absolute atomic E-state index is 5.59. The smallest absolute Gasteiger partial charge is 0.0798 e. The fourth-order valence-electron chi connectivity index (χ4n) is 1.39. The number of rotatable bonds is 5. The molecule has 80 valence electrons. The first-order chi connectivity index (χ1) is 6.63. The zero-order valence-corrected chi connectivity index (χ0v) is 9.97. The summed E-state index contributed by atoms with van der Waals surface area (Å²) in [7, 11) is 2.13. The van der Waals surface area contributed by atoms with Crippen LogP contribution in [0.5, 0.6) is 0 Å². The topological polar surface area (TPSA) is 42.2 Å². The van der Waals surface area contributed by atoms with E-state index >= 15 is 0 Å². The summed E-state index contributed by atoms with van der Waals surface area (Å²) in [6, 6.07) is 0. The van der Waals surface area contributed by atoms with Crippen LogP contribution in [0.25, 0.3) is 0 Å². The van der Waals surface area contributed by atoms with E-state index < -0.39 is 0 Å². The number of hydrogen-bond donors (Lipinski definition) is 1. The van der Waals surface area contributed by atoms with Crippen molar-refractivity contribution >= 4 is 11.3 Å². The third-order valence-corrected chi connectivity index (χ3v) is 3.20. The molecule has 0 aromatic carbocycles. The van der Waals surface area contributed by atoms with E-state index in [1.807, 2.05) is 5.51 Å². The van der Waals surface area contributed by atoms with E-state index in [0.29, 0.717) is 5.92 Å². The summed E-state index contributed by atoms with van der Waals surface area (Å²) in [6.07, 6.45) is 0. The minimum absolute atomic E-state index is 0.563. The molecule has 0 aliphatic rings. The molecule has 2 N–H and O–H groups in total. The molecule has 0 saturated carbocycles. The van der Waals surface area contributed by atoms with Crippen LogP contribution in [0, 0.1) is 12.8 Å². The van der Waals surface area contributed by atoms with Crippen molar-refractivity contribution in [3.63, 3.8) is 0 Å². The molecule has 0 aliphatic carbocycles. The van der Waals surface area contributed by atoms with Gasteiger partial charge in [0.25, 0.3) is 0 Å². The fraction of sp³-hybridized carbons (Fsp3) is 0.700. The molecule has 14 heavy (non-hydrogen) atoms. The molecule has 0 aliphatic heterocycles. The van der Waals surface area contributed by atoms with Gasteiger partial charge in [-0.1, -0.05) is 6.92 Å². The number of aromatic nitrogens is 1. The molecule has 1 unspecified atom stereocenters. The summed E-state index contributed by atoms with van der Waals surface area (Å²) >= 11 is 1.73. The lowest BCUT2D eigenvalue weighted by atomic mass is 10.2. The highest BCUT2D eigenvalue weighted by Crippen LogP contribution is 2.14. The highest BCUT2D eigenvalue weighted by Gasteiger charge is 2.08.